The number of nitrogens with two attached hydrogens (primary N) is 1. The van der Waals surface area contributed by atoms with Crippen LogP contribution in [0.4, 0.5) is 13.2 Å². The molecular weight excluding hydrogens is 491 g/mol. The molecule has 0 aliphatic heterocycles. The molecule has 0 bridgehead atoms. The van der Waals surface area contributed by atoms with Gasteiger partial charge < -0.3 is 10.5 Å². The molecule has 1 atom stereocenters. The largest absolute Gasteiger partial charge is 0.573 e. The summed E-state index contributed by atoms with van der Waals surface area (Å²) in [4.78, 5) is 13.1. The van der Waals surface area contributed by atoms with Crippen molar-refractivity contribution in [3.05, 3.63) is 51.0 Å². The zero-order chi connectivity index (χ0) is 22.3. The summed E-state index contributed by atoms with van der Waals surface area (Å²) < 4.78 is 42.4. The molecule has 30 heavy (non-hydrogen) atoms. The van der Waals surface area contributed by atoms with Crippen molar-refractivity contribution in [3.63, 3.8) is 0 Å². The summed E-state index contributed by atoms with van der Waals surface area (Å²) in [5.41, 5.74) is 4.61. The maximum Gasteiger partial charge on any atom is 0.573 e. The highest BCUT2D eigenvalue weighted by atomic mass is 79.9. The highest BCUT2D eigenvalue weighted by molar-refractivity contribution is 9.10. The Morgan fingerprint density at radius 1 is 1.33 bits per heavy atom. The summed E-state index contributed by atoms with van der Waals surface area (Å²) >= 11 is 9.32. The van der Waals surface area contributed by atoms with Crippen LogP contribution in [0.15, 0.2) is 34.8 Å². The molecule has 0 aliphatic carbocycles. The number of fused-ring (bicyclic) bond motifs is 1. The van der Waals surface area contributed by atoms with Gasteiger partial charge in [-0.25, -0.2) is 0 Å². The summed E-state index contributed by atoms with van der Waals surface area (Å²) in [6.45, 7) is 1.25. The van der Waals surface area contributed by atoms with E-state index in [0.717, 1.165) is 18.2 Å². The monoisotopic (exact) mass is 501 g/mol. The predicted octanol–water partition coefficient (Wildman–Crippen LogP) is 4.33. The molecule has 2 aromatic carbocycles. The molecule has 3 aromatic rings. The average molecular weight is 503 g/mol. The Morgan fingerprint density at radius 3 is 2.63 bits per heavy atom. The fourth-order valence-corrected chi connectivity index (χ4v) is 3.79. The first kappa shape index (κ1) is 21.9. The molecule has 0 fully saturated rings. The highest BCUT2D eigenvalue weighted by Gasteiger charge is 2.35. The molecule has 0 spiro atoms. The third-order valence-electron chi connectivity index (χ3n) is 4.24. The number of hydrogen-bond acceptors (Lipinski definition) is 5. The number of benzene rings is 2. The molecule has 1 aromatic heterocycles. The van der Waals surface area contributed by atoms with E-state index in [-0.39, 0.29) is 17.7 Å². The standard InChI is InChI=1S/C18H12BrClF3N5O2/c1-17(7-24,8-28-26-14-5-9(20)4-13(19)15(14)27-28)12-6-10(30-18(21,22)23)2-3-11(12)16(25)29/h2-6H,8H2,1H3,(H2,25,29). The van der Waals surface area contributed by atoms with Crippen LogP contribution in [0.5, 0.6) is 5.75 Å². The van der Waals surface area contributed by atoms with Crippen LogP contribution >= 0.6 is 27.5 Å². The summed E-state index contributed by atoms with van der Waals surface area (Å²) in [6, 6.07) is 8.21. The summed E-state index contributed by atoms with van der Waals surface area (Å²) in [5.74, 6) is -1.49. The van der Waals surface area contributed by atoms with Crippen LogP contribution in [0.1, 0.15) is 22.8 Å². The average Bonchev–Trinajstić information content (AvgIpc) is 3.02. The van der Waals surface area contributed by atoms with E-state index >= 15 is 0 Å². The van der Waals surface area contributed by atoms with E-state index in [4.69, 9.17) is 17.3 Å². The highest BCUT2D eigenvalue weighted by Crippen LogP contribution is 2.34. The summed E-state index contributed by atoms with van der Waals surface area (Å²) in [5, 5.41) is 18.8. The molecule has 0 saturated carbocycles. The first-order valence-electron chi connectivity index (χ1n) is 8.23. The zero-order valence-electron chi connectivity index (χ0n) is 15.2. The number of alkyl halides is 3. The number of primary amides is 1. The zero-order valence-corrected chi connectivity index (χ0v) is 17.5. The number of carbonyl (C=O) groups is 1. The predicted molar refractivity (Wildman–Crippen MR) is 105 cm³/mol. The van der Waals surface area contributed by atoms with Gasteiger partial charge in [0.15, 0.2) is 0 Å². The quantitative estimate of drug-likeness (QED) is 0.559. The maximum absolute atomic E-state index is 12.6. The Bertz CT molecular complexity index is 1190. The second-order valence-corrected chi connectivity index (χ2v) is 7.84. The Morgan fingerprint density at radius 2 is 2.03 bits per heavy atom. The van der Waals surface area contributed by atoms with Crippen molar-refractivity contribution in [1.29, 1.82) is 5.26 Å². The van der Waals surface area contributed by atoms with Crippen LogP contribution in [0.2, 0.25) is 5.02 Å². The minimum atomic E-state index is -4.94. The number of halogens is 5. The van der Waals surface area contributed by atoms with Gasteiger partial charge in [0, 0.05) is 15.1 Å². The number of hydrogen-bond donors (Lipinski definition) is 1. The van der Waals surface area contributed by atoms with Gasteiger partial charge in [0.25, 0.3) is 0 Å². The van der Waals surface area contributed by atoms with Gasteiger partial charge in [0.2, 0.25) is 5.91 Å². The topological polar surface area (TPSA) is 107 Å². The lowest BCUT2D eigenvalue weighted by atomic mass is 9.81. The van der Waals surface area contributed by atoms with Gasteiger partial charge in [-0.1, -0.05) is 11.6 Å². The van der Waals surface area contributed by atoms with Gasteiger partial charge in [-0.2, -0.15) is 20.3 Å². The first-order chi connectivity index (χ1) is 13.9. The number of rotatable bonds is 5. The Labute approximate surface area is 181 Å². The first-order valence-corrected chi connectivity index (χ1v) is 9.40. The summed E-state index contributed by atoms with van der Waals surface area (Å²) in [6.07, 6.45) is -4.94. The van der Waals surface area contributed by atoms with Crippen LogP contribution in [0.25, 0.3) is 11.0 Å². The fraction of sp³-hybridized carbons (Fsp3) is 0.222. The second kappa shape index (κ2) is 7.77. The van der Waals surface area contributed by atoms with Gasteiger partial charge in [0.1, 0.15) is 22.2 Å². The van der Waals surface area contributed by atoms with E-state index in [2.05, 4.69) is 30.9 Å². The third kappa shape index (κ3) is 4.49. The number of ether oxygens (including phenoxy) is 1. The van der Waals surface area contributed by atoms with Gasteiger partial charge in [-0.05, 0) is 58.7 Å². The molecule has 1 amide bonds. The molecule has 3 rings (SSSR count). The summed E-state index contributed by atoms with van der Waals surface area (Å²) in [7, 11) is 0. The number of aromatic nitrogens is 3. The SMILES string of the molecule is CC(C#N)(Cn1nc2cc(Cl)cc(Br)c2n1)c1cc(OC(F)(F)F)ccc1C(N)=O. The van der Waals surface area contributed by atoms with E-state index in [9.17, 15) is 23.2 Å². The number of amides is 1. The normalized spacial score (nSPS) is 13.6. The van der Waals surface area contributed by atoms with Crippen LogP contribution in [-0.4, -0.2) is 27.3 Å². The number of carbonyl (C=O) groups excluding carboxylic acids is 1. The van der Waals surface area contributed by atoms with Crippen LogP contribution in [0.3, 0.4) is 0 Å². The number of nitriles is 1. The molecule has 0 saturated heterocycles. The lowest BCUT2D eigenvalue weighted by Gasteiger charge is -2.24. The van der Waals surface area contributed by atoms with Crippen molar-refractivity contribution in [2.45, 2.75) is 25.2 Å². The number of nitrogens with zero attached hydrogens (tertiary/aromatic N) is 4. The smallest absolute Gasteiger partial charge is 0.406 e. The Hall–Kier alpha value is -2.84. The van der Waals surface area contributed by atoms with E-state index in [0.29, 0.717) is 20.5 Å². The van der Waals surface area contributed by atoms with Crippen LogP contribution in [-0.2, 0) is 12.0 Å². The molecule has 1 heterocycles. The van der Waals surface area contributed by atoms with Crippen molar-refractivity contribution in [2.24, 2.45) is 5.73 Å². The van der Waals surface area contributed by atoms with Crippen molar-refractivity contribution >= 4 is 44.5 Å². The lowest BCUT2D eigenvalue weighted by molar-refractivity contribution is -0.274. The van der Waals surface area contributed by atoms with E-state index in [1.165, 1.54) is 11.7 Å². The van der Waals surface area contributed by atoms with Gasteiger partial charge >= 0.3 is 6.36 Å². The van der Waals surface area contributed by atoms with Crippen molar-refractivity contribution in [2.75, 3.05) is 0 Å². The molecule has 0 aliphatic rings. The van der Waals surface area contributed by atoms with Gasteiger partial charge in [-0.15, -0.1) is 13.2 Å². The van der Waals surface area contributed by atoms with Gasteiger partial charge in [0.05, 0.1) is 12.6 Å². The Kier molecular flexibility index (Phi) is 5.66. The molecular formula is C18H12BrClF3N5O2. The lowest BCUT2D eigenvalue weighted by Crippen LogP contribution is -2.31. The van der Waals surface area contributed by atoms with Crippen molar-refractivity contribution in [1.82, 2.24) is 15.0 Å². The fourth-order valence-electron chi connectivity index (χ4n) is 2.92. The molecule has 2 N–H and O–H groups in total. The minimum Gasteiger partial charge on any atom is -0.406 e. The Balaban J connectivity index is 2.09. The molecule has 7 nitrogen and oxygen atoms in total. The maximum atomic E-state index is 12.6. The molecule has 0 radical (unpaired) electrons. The van der Waals surface area contributed by atoms with E-state index in [1.54, 1.807) is 12.1 Å². The minimum absolute atomic E-state index is 0.0438. The van der Waals surface area contributed by atoms with E-state index in [1.807, 2.05) is 6.07 Å². The second-order valence-electron chi connectivity index (χ2n) is 6.55. The van der Waals surface area contributed by atoms with Gasteiger partial charge in [-0.3, -0.25) is 4.79 Å². The van der Waals surface area contributed by atoms with Crippen LogP contribution in [0, 0.1) is 11.3 Å². The van der Waals surface area contributed by atoms with Crippen molar-refractivity contribution in [3.8, 4) is 11.8 Å². The molecule has 156 valence electrons. The van der Waals surface area contributed by atoms with Crippen molar-refractivity contribution < 1.29 is 22.7 Å². The molecule has 1 unspecified atom stereocenters. The third-order valence-corrected chi connectivity index (χ3v) is 5.06. The van der Waals surface area contributed by atoms with Crippen LogP contribution < -0.4 is 10.5 Å². The molecule has 12 heteroatoms. The van der Waals surface area contributed by atoms with E-state index < -0.39 is 23.4 Å².